The molecule has 1 aromatic heterocycles. The maximum atomic E-state index is 13.6. The Morgan fingerprint density at radius 1 is 1.16 bits per heavy atom. The average Bonchev–Trinajstić information content (AvgIpc) is 3.06. The van der Waals surface area contributed by atoms with Crippen molar-refractivity contribution in [2.45, 2.75) is 17.4 Å². The number of hydrogen-bond donors (Lipinski definition) is 1. The maximum Gasteiger partial charge on any atom is 0.277 e. The molecule has 3 rings (SSSR count). The zero-order valence-corrected chi connectivity index (χ0v) is 13.9. The minimum atomic E-state index is -0.838. The van der Waals surface area contributed by atoms with E-state index < -0.39 is 22.8 Å². The van der Waals surface area contributed by atoms with E-state index in [4.69, 9.17) is 4.42 Å². The molecule has 0 bridgehead atoms. The second-order valence-corrected chi connectivity index (χ2v) is 6.40. The topological polar surface area (TPSA) is 68.0 Å². The van der Waals surface area contributed by atoms with Crippen LogP contribution in [0.3, 0.4) is 0 Å². The van der Waals surface area contributed by atoms with Crippen LogP contribution in [0.1, 0.15) is 6.92 Å². The number of amides is 1. The van der Waals surface area contributed by atoms with Gasteiger partial charge in [-0.3, -0.25) is 4.79 Å². The first kappa shape index (κ1) is 17.1. The molecule has 0 radical (unpaired) electrons. The van der Waals surface area contributed by atoms with Crippen molar-refractivity contribution in [3.8, 4) is 11.5 Å². The summed E-state index contributed by atoms with van der Waals surface area (Å²) in [6, 6.07) is 12.2. The maximum absolute atomic E-state index is 13.6. The van der Waals surface area contributed by atoms with Crippen molar-refractivity contribution < 1.29 is 18.0 Å². The van der Waals surface area contributed by atoms with Crippen LogP contribution in [0.15, 0.2) is 58.2 Å². The number of thioether (sulfide) groups is 1. The first-order valence-electron chi connectivity index (χ1n) is 7.34. The lowest BCUT2D eigenvalue weighted by molar-refractivity contribution is -0.115. The highest BCUT2D eigenvalue weighted by atomic mass is 32.2. The van der Waals surface area contributed by atoms with E-state index in [1.165, 1.54) is 6.07 Å². The molecular weight excluding hydrogens is 348 g/mol. The molecule has 0 aliphatic rings. The quantitative estimate of drug-likeness (QED) is 0.692. The van der Waals surface area contributed by atoms with Crippen molar-refractivity contribution in [2.75, 3.05) is 5.32 Å². The van der Waals surface area contributed by atoms with E-state index in [1.807, 2.05) is 30.3 Å². The normalized spacial score (nSPS) is 12.0. The van der Waals surface area contributed by atoms with Gasteiger partial charge in [0.15, 0.2) is 0 Å². The highest BCUT2D eigenvalue weighted by molar-refractivity contribution is 8.00. The summed E-state index contributed by atoms with van der Waals surface area (Å²) in [7, 11) is 0. The summed E-state index contributed by atoms with van der Waals surface area (Å²) in [6.07, 6.45) is 0. The fraction of sp³-hybridized carbons (Fsp3) is 0.118. The minimum absolute atomic E-state index is 0.0886. The van der Waals surface area contributed by atoms with Crippen LogP contribution in [0.2, 0.25) is 0 Å². The lowest BCUT2D eigenvalue weighted by Gasteiger charge is -2.10. The fourth-order valence-electron chi connectivity index (χ4n) is 1.98. The highest BCUT2D eigenvalue weighted by Gasteiger charge is 2.20. The second kappa shape index (κ2) is 7.43. The van der Waals surface area contributed by atoms with Crippen molar-refractivity contribution in [1.82, 2.24) is 10.2 Å². The van der Waals surface area contributed by atoms with Gasteiger partial charge in [-0.25, -0.2) is 8.78 Å². The summed E-state index contributed by atoms with van der Waals surface area (Å²) in [5, 5.41) is 9.84. The number of rotatable bonds is 5. The van der Waals surface area contributed by atoms with Gasteiger partial charge in [0, 0.05) is 11.6 Å². The largest absolute Gasteiger partial charge is 0.411 e. The monoisotopic (exact) mass is 361 g/mol. The molecule has 0 saturated carbocycles. The van der Waals surface area contributed by atoms with Gasteiger partial charge in [0.25, 0.3) is 5.22 Å². The molecule has 8 heteroatoms. The van der Waals surface area contributed by atoms with Crippen LogP contribution in [-0.2, 0) is 4.79 Å². The standard InChI is InChI=1S/C17H13F2N3O2S/c1-10(15(23)20-14-8-7-12(18)9-13(14)19)25-17-22-21-16(24-17)11-5-3-2-4-6-11/h2-10H,1H3,(H,20,23)/t10-/m1/s1. The first-order chi connectivity index (χ1) is 12.0. The molecule has 3 aromatic rings. The van der Waals surface area contributed by atoms with Crippen molar-refractivity contribution in [2.24, 2.45) is 0 Å². The summed E-state index contributed by atoms with van der Waals surface area (Å²) in [5.74, 6) is -1.66. The SMILES string of the molecule is C[C@@H](Sc1nnc(-c2ccccc2)o1)C(=O)Nc1ccc(F)cc1F. The number of aromatic nitrogens is 2. The molecule has 1 amide bonds. The van der Waals surface area contributed by atoms with Crippen molar-refractivity contribution in [3.63, 3.8) is 0 Å². The molecule has 1 N–H and O–H groups in total. The molecule has 0 unspecified atom stereocenters. The van der Waals surface area contributed by atoms with E-state index in [9.17, 15) is 13.6 Å². The number of nitrogens with one attached hydrogen (secondary N) is 1. The van der Waals surface area contributed by atoms with Crippen molar-refractivity contribution in [3.05, 3.63) is 60.2 Å². The Hall–Kier alpha value is -2.74. The molecule has 25 heavy (non-hydrogen) atoms. The predicted molar refractivity (Wildman–Crippen MR) is 90.0 cm³/mol. The summed E-state index contributed by atoms with van der Waals surface area (Å²) in [6.45, 7) is 1.62. The third kappa shape index (κ3) is 4.21. The summed E-state index contributed by atoms with van der Waals surface area (Å²) in [4.78, 5) is 12.1. The van der Waals surface area contributed by atoms with E-state index in [0.717, 1.165) is 23.4 Å². The Kier molecular flexibility index (Phi) is 5.08. The zero-order chi connectivity index (χ0) is 17.8. The molecule has 2 aromatic carbocycles. The van der Waals surface area contributed by atoms with E-state index in [0.29, 0.717) is 12.0 Å². The van der Waals surface area contributed by atoms with E-state index in [2.05, 4.69) is 15.5 Å². The Morgan fingerprint density at radius 3 is 2.64 bits per heavy atom. The van der Waals surface area contributed by atoms with E-state index in [-0.39, 0.29) is 10.9 Å². The lowest BCUT2D eigenvalue weighted by Crippen LogP contribution is -2.23. The molecule has 0 fully saturated rings. The minimum Gasteiger partial charge on any atom is -0.411 e. The van der Waals surface area contributed by atoms with Crippen LogP contribution >= 0.6 is 11.8 Å². The first-order valence-corrected chi connectivity index (χ1v) is 8.22. The van der Waals surface area contributed by atoms with E-state index in [1.54, 1.807) is 6.92 Å². The molecule has 5 nitrogen and oxygen atoms in total. The van der Waals surface area contributed by atoms with Crippen molar-refractivity contribution >= 4 is 23.4 Å². The van der Waals surface area contributed by atoms with Gasteiger partial charge < -0.3 is 9.73 Å². The molecule has 0 saturated heterocycles. The molecular formula is C17H13F2N3O2S. The number of halogens is 2. The predicted octanol–water partition coefficient (Wildman–Crippen LogP) is 4.13. The van der Waals surface area contributed by atoms with Crippen LogP contribution in [0.25, 0.3) is 11.5 Å². The number of nitrogens with zero attached hydrogens (tertiary/aromatic N) is 2. The van der Waals surface area contributed by atoms with Gasteiger partial charge >= 0.3 is 0 Å². The van der Waals surface area contributed by atoms with Crippen LogP contribution in [0.4, 0.5) is 14.5 Å². The second-order valence-electron chi connectivity index (χ2n) is 5.11. The smallest absolute Gasteiger partial charge is 0.277 e. The third-order valence-corrected chi connectivity index (χ3v) is 4.20. The molecule has 1 atom stereocenters. The lowest BCUT2D eigenvalue weighted by atomic mass is 10.2. The van der Waals surface area contributed by atoms with Crippen LogP contribution in [-0.4, -0.2) is 21.4 Å². The Bertz CT molecular complexity index is 887. The molecule has 0 spiro atoms. The van der Waals surface area contributed by atoms with Crippen LogP contribution in [0.5, 0.6) is 0 Å². The fourth-order valence-corrected chi connectivity index (χ4v) is 2.67. The van der Waals surface area contributed by atoms with Gasteiger partial charge in [0.2, 0.25) is 11.8 Å². The van der Waals surface area contributed by atoms with E-state index >= 15 is 0 Å². The number of hydrogen-bond acceptors (Lipinski definition) is 5. The Morgan fingerprint density at radius 2 is 1.92 bits per heavy atom. The average molecular weight is 361 g/mol. The number of benzene rings is 2. The summed E-state index contributed by atoms with van der Waals surface area (Å²) >= 11 is 1.05. The molecule has 0 aliphatic carbocycles. The summed E-state index contributed by atoms with van der Waals surface area (Å²) in [5.41, 5.74) is 0.682. The highest BCUT2D eigenvalue weighted by Crippen LogP contribution is 2.27. The van der Waals surface area contributed by atoms with Crippen LogP contribution < -0.4 is 5.32 Å². The van der Waals surface area contributed by atoms with Crippen molar-refractivity contribution in [1.29, 1.82) is 0 Å². The van der Waals surface area contributed by atoms with Gasteiger partial charge in [0.1, 0.15) is 11.6 Å². The Labute approximate surface area is 146 Å². The summed E-state index contributed by atoms with van der Waals surface area (Å²) < 4.78 is 32.0. The van der Waals surface area contributed by atoms with Gasteiger partial charge in [-0.05, 0) is 31.2 Å². The van der Waals surface area contributed by atoms with Gasteiger partial charge in [-0.15, -0.1) is 10.2 Å². The van der Waals surface area contributed by atoms with Gasteiger partial charge in [0.05, 0.1) is 10.9 Å². The zero-order valence-electron chi connectivity index (χ0n) is 13.1. The molecule has 1 heterocycles. The number of anilines is 1. The molecule has 128 valence electrons. The molecule has 0 aliphatic heterocycles. The van der Waals surface area contributed by atoms with Crippen LogP contribution in [0, 0.1) is 11.6 Å². The Balaban J connectivity index is 1.65. The number of carbonyl (C=O) groups excluding carboxylic acids is 1. The van der Waals surface area contributed by atoms with Gasteiger partial charge in [-0.1, -0.05) is 30.0 Å². The number of carbonyl (C=O) groups is 1. The third-order valence-electron chi connectivity index (χ3n) is 3.26. The van der Waals surface area contributed by atoms with Gasteiger partial charge in [-0.2, -0.15) is 0 Å².